The topological polar surface area (TPSA) is 29.5 Å². The summed E-state index contributed by atoms with van der Waals surface area (Å²) in [6, 6.07) is 0. The maximum Gasteiger partial charge on any atom is 0.305 e. The van der Waals surface area contributed by atoms with Gasteiger partial charge in [0.25, 0.3) is 0 Å². The fraction of sp³-hybridized carbons (Fsp3) is 0.938. The minimum absolute atomic E-state index is 0.0185. The Kier molecular flexibility index (Phi) is 13.4. The summed E-state index contributed by atoms with van der Waals surface area (Å²) in [5.41, 5.74) is 0. The van der Waals surface area contributed by atoms with Gasteiger partial charge in [-0.25, -0.2) is 0 Å². The molecule has 0 atom stereocenters. The van der Waals surface area contributed by atoms with Crippen LogP contribution in [0, 0.1) is 0 Å². The number of esters is 1. The Balaban J connectivity index is 3.30. The third-order valence-electron chi connectivity index (χ3n) is 3.51. The maximum absolute atomic E-state index is 11.5. The van der Waals surface area contributed by atoms with Crippen molar-refractivity contribution in [2.24, 2.45) is 0 Å². The van der Waals surface area contributed by atoms with E-state index in [1.165, 1.54) is 25.7 Å². The number of hydrogen-bond donors (Lipinski definition) is 0. The van der Waals surface area contributed by atoms with Gasteiger partial charge >= 0.3 is 5.97 Å². The molecule has 0 aliphatic carbocycles. The normalized spacial score (nSPS) is 10.9. The van der Waals surface area contributed by atoms with Gasteiger partial charge in [0.15, 0.2) is 0 Å². The molecule has 0 aliphatic heterocycles. The molecule has 3 nitrogen and oxygen atoms in total. The van der Waals surface area contributed by atoms with Gasteiger partial charge in [0.1, 0.15) is 0 Å². The highest BCUT2D eigenvalue weighted by molar-refractivity contribution is 5.69. The van der Waals surface area contributed by atoms with Gasteiger partial charge in [-0.2, -0.15) is 0 Å². The summed E-state index contributed by atoms with van der Waals surface area (Å²) in [5.74, 6) is -0.0185. The van der Waals surface area contributed by atoms with Gasteiger partial charge in [-0.3, -0.25) is 4.79 Å². The molecule has 0 aromatic carbocycles. The van der Waals surface area contributed by atoms with Gasteiger partial charge in [-0.15, -0.1) is 0 Å². The van der Waals surface area contributed by atoms with Crippen molar-refractivity contribution in [3.63, 3.8) is 0 Å². The Morgan fingerprint density at radius 1 is 0.895 bits per heavy atom. The Labute approximate surface area is 119 Å². The van der Waals surface area contributed by atoms with Crippen molar-refractivity contribution in [1.82, 2.24) is 4.90 Å². The second-order valence-electron chi connectivity index (χ2n) is 5.12. The first-order valence-electron chi connectivity index (χ1n) is 8.12. The van der Waals surface area contributed by atoms with Crippen LogP contribution in [0.15, 0.2) is 0 Å². The van der Waals surface area contributed by atoms with Crippen LogP contribution in [-0.4, -0.2) is 37.1 Å². The van der Waals surface area contributed by atoms with Crippen molar-refractivity contribution in [1.29, 1.82) is 0 Å². The first kappa shape index (κ1) is 18.4. The van der Waals surface area contributed by atoms with Crippen molar-refractivity contribution in [3.05, 3.63) is 0 Å². The molecule has 3 heteroatoms. The van der Waals surface area contributed by atoms with Crippen LogP contribution < -0.4 is 0 Å². The van der Waals surface area contributed by atoms with Crippen molar-refractivity contribution in [2.75, 3.05) is 26.2 Å². The molecule has 0 unspecified atom stereocenters. The predicted molar refractivity (Wildman–Crippen MR) is 81.4 cm³/mol. The summed E-state index contributed by atoms with van der Waals surface area (Å²) in [6.45, 7) is 10.3. The highest BCUT2D eigenvalue weighted by Gasteiger charge is 2.03. The van der Waals surface area contributed by atoms with E-state index in [9.17, 15) is 4.79 Å². The molecule has 0 N–H and O–H groups in total. The van der Waals surface area contributed by atoms with Crippen LogP contribution in [0.1, 0.15) is 72.1 Å². The molecular formula is C16H33NO2. The standard InChI is InChI=1S/C16H33NO2/c1-4-7-8-9-10-11-13-16(18)19-15-12-14-17(5-2)6-3/h4-15H2,1-3H3. The average molecular weight is 271 g/mol. The molecule has 0 saturated heterocycles. The molecule has 0 bridgehead atoms. The first-order valence-corrected chi connectivity index (χ1v) is 8.12. The van der Waals surface area contributed by atoms with E-state index in [2.05, 4.69) is 25.7 Å². The lowest BCUT2D eigenvalue weighted by Gasteiger charge is -2.17. The van der Waals surface area contributed by atoms with Crippen LogP contribution in [0.5, 0.6) is 0 Å². The summed E-state index contributed by atoms with van der Waals surface area (Å²) >= 11 is 0. The Morgan fingerprint density at radius 2 is 1.53 bits per heavy atom. The van der Waals surface area contributed by atoms with Gasteiger partial charge in [0.05, 0.1) is 6.61 Å². The van der Waals surface area contributed by atoms with Crippen LogP contribution in [0.2, 0.25) is 0 Å². The molecule has 0 aliphatic rings. The molecule has 0 aromatic rings. The van der Waals surface area contributed by atoms with Gasteiger partial charge in [0, 0.05) is 13.0 Å². The van der Waals surface area contributed by atoms with Crippen molar-refractivity contribution in [3.8, 4) is 0 Å². The van der Waals surface area contributed by atoms with E-state index in [-0.39, 0.29) is 5.97 Å². The lowest BCUT2D eigenvalue weighted by Crippen LogP contribution is -2.25. The lowest BCUT2D eigenvalue weighted by molar-refractivity contribution is -0.143. The number of nitrogens with zero attached hydrogens (tertiary/aromatic N) is 1. The van der Waals surface area contributed by atoms with E-state index < -0.39 is 0 Å². The molecule has 0 aromatic heterocycles. The number of unbranched alkanes of at least 4 members (excludes halogenated alkanes) is 5. The molecule has 0 fully saturated rings. The van der Waals surface area contributed by atoms with Crippen LogP contribution in [0.25, 0.3) is 0 Å². The van der Waals surface area contributed by atoms with Crippen LogP contribution in [-0.2, 0) is 9.53 Å². The third-order valence-corrected chi connectivity index (χ3v) is 3.51. The number of rotatable bonds is 13. The first-order chi connectivity index (χ1) is 9.24. The number of hydrogen-bond acceptors (Lipinski definition) is 3. The van der Waals surface area contributed by atoms with E-state index in [4.69, 9.17) is 4.74 Å². The van der Waals surface area contributed by atoms with Crippen LogP contribution in [0.4, 0.5) is 0 Å². The predicted octanol–water partition coefficient (Wildman–Crippen LogP) is 4.01. The second kappa shape index (κ2) is 13.9. The van der Waals surface area contributed by atoms with Gasteiger partial charge in [-0.05, 0) is 25.9 Å². The summed E-state index contributed by atoms with van der Waals surface area (Å²) in [6.07, 6.45) is 8.83. The number of carbonyl (C=O) groups is 1. The zero-order valence-electron chi connectivity index (χ0n) is 13.2. The molecule has 0 heterocycles. The SMILES string of the molecule is CCCCCCCCC(=O)OCCCN(CC)CC. The Hall–Kier alpha value is -0.570. The van der Waals surface area contributed by atoms with E-state index in [1.54, 1.807) is 0 Å². The minimum Gasteiger partial charge on any atom is -0.466 e. The summed E-state index contributed by atoms with van der Waals surface area (Å²) in [4.78, 5) is 13.8. The van der Waals surface area contributed by atoms with E-state index in [0.29, 0.717) is 13.0 Å². The van der Waals surface area contributed by atoms with Crippen molar-refractivity contribution < 1.29 is 9.53 Å². The summed E-state index contributed by atoms with van der Waals surface area (Å²) in [5, 5.41) is 0. The number of ether oxygens (including phenoxy) is 1. The van der Waals surface area contributed by atoms with E-state index >= 15 is 0 Å². The minimum atomic E-state index is -0.0185. The highest BCUT2D eigenvalue weighted by atomic mass is 16.5. The van der Waals surface area contributed by atoms with Gasteiger partial charge in [0.2, 0.25) is 0 Å². The highest BCUT2D eigenvalue weighted by Crippen LogP contribution is 2.07. The van der Waals surface area contributed by atoms with Crippen molar-refractivity contribution >= 4 is 5.97 Å². The van der Waals surface area contributed by atoms with E-state index in [0.717, 1.165) is 38.9 Å². The largest absolute Gasteiger partial charge is 0.466 e. The molecule has 114 valence electrons. The Bertz CT molecular complexity index is 203. The quantitative estimate of drug-likeness (QED) is 0.374. The molecule has 0 amide bonds. The zero-order valence-corrected chi connectivity index (χ0v) is 13.2. The van der Waals surface area contributed by atoms with Gasteiger partial charge < -0.3 is 9.64 Å². The van der Waals surface area contributed by atoms with Crippen LogP contribution in [0.3, 0.4) is 0 Å². The summed E-state index contributed by atoms with van der Waals surface area (Å²) < 4.78 is 5.24. The molecular weight excluding hydrogens is 238 g/mol. The fourth-order valence-electron chi connectivity index (χ4n) is 2.14. The average Bonchev–Trinajstić information content (AvgIpc) is 2.43. The molecule has 0 rings (SSSR count). The molecule has 0 saturated carbocycles. The summed E-state index contributed by atoms with van der Waals surface area (Å²) in [7, 11) is 0. The maximum atomic E-state index is 11.5. The second-order valence-corrected chi connectivity index (χ2v) is 5.12. The van der Waals surface area contributed by atoms with E-state index in [1.807, 2.05) is 0 Å². The lowest BCUT2D eigenvalue weighted by atomic mass is 10.1. The molecule has 0 radical (unpaired) electrons. The third kappa shape index (κ3) is 12.2. The fourth-order valence-corrected chi connectivity index (χ4v) is 2.14. The smallest absolute Gasteiger partial charge is 0.305 e. The Morgan fingerprint density at radius 3 is 2.16 bits per heavy atom. The number of carbonyl (C=O) groups excluding carboxylic acids is 1. The van der Waals surface area contributed by atoms with Gasteiger partial charge in [-0.1, -0.05) is 52.9 Å². The molecule has 19 heavy (non-hydrogen) atoms. The monoisotopic (exact) mass is 271 g/mol. The molecule has 0 spiro atoms. The van der Waals surface area contributed by atoms with Crippen LogP contribution >= 0.6 is 0 Å². The van der Waals surface area contributed by atoms with Crippen molar-refractivity contribution in [2.45, 2.75) is 72.1 Å². The zero-order chi connectivity index (χ0) is 14.3.